The SMILES string of the molecule is CC(CCNC(=O)OCC1c2ccccc2-c2ccccc21)CCC(=O)N1CSC[C@H]1C(=O)O. The third-order valence-electron chi connectivity index (χ3n) is 6.59. The van der Waals surface area contributed by atoms with Gasteiger partial charge in [0, 0.05) is 24.6 Å². The zero-order valence-corrected chi connectivity index (χ0v) is 20.1. The third-order valence-corrected chi connectivity index (χ3v) is 7.60. The van der Waals surface area contributed by atoms with Gasteiger partial charge in [0.25, 0.3) is 0 Å². The minimum Gasteiger partial charge on any atom is -0.480 e. The lowest BCUT2D eigenvalue weighted by Gasteiger charge is -2.21. The standard InChI is InChI=1S/C26H30N2O5S/c1-17(10-11-24(29)28-16-34-15-23(28)25(30)31)12-13-27-26(32)33-14-22-20-8-4-2-6-18(20)19-7-3-5-9-21(19)22/h2-9,17,22-23H,10-16H2,1H3,(H,27,32)(H,30,31)/t17?,23-/m0/s1. The maximum atomic E-state index is 12.4. The monoisotopic (exact) mass is 482 g/mol. The van der Waals surface area contributed by atoms with Gasteiger partial charge in [-0.3, -0.25) is 4.79 Å². The van der Waals surface area contributed by atoms with Crippen molar-refractivity contribution in [2.24, 2.45) is 5.92 Å². The summed E-state index contributed by atoms with van der Waals surface area (Å²) >= 11 is 1.47. The first-order valence-corrected chi connectivity index (χ1v) is 12.8. The number of nitrogens with one attached hydrogen (secondary N) is 1. The summed E-state index contributed by atoms with van der Waals surface area (Å²) < 4.78 is 5.55. The Kier molecular flexibility index (Phi) is 7.77. The number of aliphatic carboxylic acids is 1. The molecular formula is C26H30N2O5S. The van der Waals surface area contributed by atoms with Crippen molar-refractivity contribution in [3.8, 4) is 11.1 Å². The van der Waals surface area contributed by atoms with Gasteiger partial charge in [0.15, 0.2) is 0 Å². The maximum Gasteiger partial charge on any atom is 0.407 e. The molecule has 0 bridgehead atoms. The molecule has 1 saturated heterocycles. The highest BCUT2D eigenvalue weighted by atomic mass is 32.2. The van der Waals surface area contributed by atoms with Gasteiger partial charge >= 0.3 is 12.1 Å². The molecule has 2 amide bonds. The topological polar surface area (TPSA) is 95.9 Å². The summed E-state index contributed by atoms with van der Waals surface area (Å²) in [6, 6.07) is 15.7. The van der Waals surface area contributed by atoms with Crippen LogP contribution in [0.5, 0.6) is 0 Å². The van der Waals surface area contributed by atoms with Crippen LogP contribution in [0.15, 0.2) is 48.5 Å². The molecule has 1 aliphatic carbocycles. The first kappa shape index (κ1) is 24.1. The van der Waals surface area contributed by atoms with E-state index in [0.717, 1.165) is 0 Å². The molecule has 0 spiro atoms. The van der Waals surface area contributed by atoms with Crippen LogP contribution in [0, 0.1) is 5.92 Å². The molecule has 8 heteroatoms. The Hall–Kier alpha value is -3.00. The van der Waals surface area contributed by atoms with Crippen LogP contribution in [0.3, 0.4) is 0 Å². The number of nitrogens with zero attached hydrogens (tertiary/aromatic N) is 1. The van der Waals surface area contributed by atoms with Crippen molar-refractivity contribution in [2.75, 3.05) is 24.8 Å². The zero-order chi connectivity index (χ0) is 24.1. The van der Waals surface area contributed by atoms with Crippen molar-refractivity contribution in [1.82, 2.24) is 10.2 Å². The maximum absolute atomic E-state index is 12.4. The minimum atomic E-state index is -0.946. The number of hydrogen-bond acceptors (Lipinski definition) is 5. The molecular weight excluding hydrogens is 452 g/mol. The molecule has 0 saturated carbocycles. The van der Waals surface area contributed by atoms with E-state index in [4.69, 9.17) is 4.74 Å². The van der Waals surface area contributed by atoms with Crippen molar-refractivity contribution in [2.45, 2.75) is 38.1 Å². The van der Waals surface area contributed by atoms with Crippen molar-refractivity contribution < 1.29 is 24.2 Å². The molecule has 1 unspecified atom stereocenters. The molecule has 2 aromatic rings. The Morgan fingerprint density at radius 1 is 1.09 bits per heavy atom. The minimum absolute atomic E-state index is 0.0291. The molecule has 1 aliphatic heterocycles. The number of hydrogen-bond donors (Lipinski definition) is 2. The molecule has 7 nitrogen and oxygen atoms in total. The number of carbonyl (C=O) groups is 3. The summed E-state index contributed by atoms with van der Waals surface area (Å²) in [4.78, 5) is 37.4. The van der Waals surface area contributed by atoms with Gasteiger partial charge in [-0.25, -0.2) is 9.59 Å². The van der Waals surface area contributed by atoms with E-state index in [-0.39, 0.29) is 24.3 Å². The van der Waals surface area contributed by atoms with Crippen LogP contribution in [0.1, 0.15) is 43.2 Å². The number of ether oxygens (including phenoxy) is 1. The number of rotatable bonds is 9. The van der Waals surface area contributed by atoms with Gasteiger partial charge in [-0.15, -0.1) is 11.8 Å². The van der Waals surface area contributed by atoms with Gasteiger partial charge in [-0.2, -0.15) is 0 Å². The van der Waals surface area contributed by atoms with Crippen LogP contribution in [-0.4, -0.2) is 58.8 Å². The fraction of sp³-hybridized carbons (Fsp3) is 0.423. The zero-order valence-electron chi connectivity index (χ0n) is 19.2. The highest BCUT2D eigenvalue weighted by Crippen LogP contribution is 2.44. The average Bonchev–Trinajstić information content (AvgIpc) is 3.45. The predicted octanol–water partition coefficient (Wildman–Crippen LogP) is 4.32. The van der Waals surface area contributed by atoms with E-state index < -0.39 is 18.1 Å². The smallest absolute Gasteiger partial charge is 0.407 e. The van der Waals surface area contributed by atoms with Crippen LogP contribution in [0.2, 0.25) is 0 Å². The van der Waals surface area contributed by atoms with Gasteiger partial charge in [0.1, 0.15) is 12.6 Å². The summed E-state index contributed by atoms with van der Waals surface area (Å²) in [6.07, 6.45) is 1.24. The van der Waals surface area contributed by atoms with E-state index >= 15 is 0 Å². The second kappa shape index (κ2) is 11.0. The number of thioether (sulfide) groups is 1. The number of carboxylic acids is 1. The fourth-order valence-corrected chi connectivity index (χ4v) is 5.79. The lowest BCUT2D eigenvalue weighted by molar-refractivity contribution is -0.147. The third kappa shape index (κ3) is 5.38. The molecule has 2 N–H and O–H groups in total. The van der Waals surface area contributed by atoms with Crippen molar-refractivity contribution in [3.63, 3.8) is 0 Å². The molecule has 2 aliphatic rings. The molecule has 0 radical (unpaired) electrons. The Morgan fingerprint density at radius 3 is 2.38 bits per heavy atom. The quantitative estimate of drug-likeness (QED) is 0.553. The normalized spacial score (nSPS) is 17.7. The average molecular weight is 483 g/mol. The lowest BCUT2D eigenvalue weighted by Crippen LogP contribution is -2.41. The van der Waals surface area contributed by atoms with E-state index in [1.54, 1.807) is 0 Å². The highest BCUT2D eigenvalue weighted by Gasteiger charge is 2.34. The molecule has 2 aromatic carbocycles. The van der Waals surface area contributed by atoms with E-state index in [1.807, 2.05) is 31.2 Å². The van der Waals surface area contributed by atoms with Crippen LogP contribution in [-0.2, 0) is 14.3 Å². The van der Waals surface area contributed by atoms with Gasteiger partial charge in [-0.05, 0) is 41.0 Å². The summed E-state index contributed by atoms with van der Waals surface area (Å²) in [5.41, 5.74) is 4.74. The first-order valence-electron chi connectivity index (χ1n) is 11.6. The largest absolute Gasteiger partial charge is 0.480 e. The van der Waals surface area contributed by atoms with Crippen molar-refractivity contribution in [1.29, 1.82) is 0 Å². The fourth-order valence-electron chi connectivity index (χ4n) is 4.62. The second-order valence-corrected chi connectivity index (χ2v) is 9.90. The predicted molar refractivity (Wildman–Crippen MR) is 132 cm³/mol. The lowest BCUT2D eigenvalue weighted by atomic mass is 9.98. The Bertz CT molecular complexity index is 1010. The Morgan fingerprint density at radius 2 is 1.74 bits per heavy atom. The van der Waals surface area contributed by atoms with Crippen LogP contribution in [0.25, 0.3) is 11.1 Å². The Labute approximate surface area is 203 Å². The summed E-state index contributed by atoms with van der Waals surface area (Å²) in [7, 11) is 0. The molecule has 34 heavy (non-hydrogen) atoms. The molecule has 2 atom stereocenters. The number of benzene rings is 2. The second-order valence-electron chi connectivity index (χ2n) is 8.90. The van der Waals surface area contributed by atoms with E-state index in [1.165, 1.54) is 38.9 Å². The Balaban J connectivity index is 1.18. The molecule has 4 rings (SSSR count). The number of amides is 2. The summed E-state index contributed by atoms with van der Waals surface area (Å²) in [5.74, 6) is 0.0686. The van der Waals surface area contributed by atoms with Crippen molar-refractivity contribution in [3.05, 3.63) is 59.7 Å². The van der Waals surface area contributed by atoms with E-state index in [9.17, 15) is 19.5 Å². The van der Waals surface area contributed by atoms with Crippen LogP contribution < -0.4 is 5.32 Å². The highest BCUT2D eigenvalue weighted by molar-refractivity contribution is 7.99. The van der Waals surface area contributed by atoms with Gasteiger partial charge in [0.05, 0.1) is 5.88 Å². The summed E-state index contributed by atoms with van der Waals surface area (Å²) in [5, 5.41) is 12.0. The first-order chi connectivity index (χ1) is 16.5. The van der Waals surface area contributed by atoms with Gasteiger partial charge in [0.2, 0.25) is 5.91 Å². The van der Waals surface area contributed by atoms with Crippen LogP contribution >= 0.6 is 11.8 Å². The summed E-state index contributed by atoms with van der Waals surface area (Å²) in [6.45, 7) is 2.77. The van der Waals surface area contributed by atoms with Gasteiger partial charge < -0.3 is 20.1 Å². The molecule has 0 aromatic heterocycles. The number of carboxylic acid groups (broad SMARTS) is 1. The van der Waals surface area contributed by atoms with Crippen molar-refractivity contribution >= 4 is 29.7 Å². The molecule has 180 valence electrons. The van der Waals surface area contributed by atoms with E-state index in [0.29, 0.717) is 37.4 Å². The van der Waals surface area contributed by atoms with E-state index in [2.05, 4.69) is 29.6 Å². The number of alkyl carbamates (subject to hydrolysis) is 1. The number of carbonyl (C=O) groups excluding carboxylic acids is 2. The number of fused-ring (bicyclic) bond motifs is 3. The van der Waals surface area contributed by atoms with Crippen LogP contribution in [0.4, 0.5) is 4.79 Å². The molecule has 1 heterocycles. The van der Waals surface area contributed by atoms with Gasteiger partial charge in [-0.1, -0.05) is 55.5 Å². The molecule has 1 fully saturated rings.